The minimum atomic E-state index is 0.175. The number of rotatable bonds is 1. The Morgan fingerprint density at radius 2 is 2.44 bits per heavy atom. The van der Waals surface area contributed by atoms with Crippen LogP contribution in [0.3, 0.4) is 0 Å². The molecule has 9 heavy (non-hydrogen) atoms. The molecule has 2 N–H and O–H groups in total. The second-order valence-corrected chi connectivity index (χ2v) is 2.45. The zero-order valence-electron chi connectivity index (χ0n) is 4.40. The number of thiophene rings is 1. The molecule has 3 nitrogen and oxygen atoms in total. The van der Waals surface area contributed by atoms with Crippen molar-refractivity contribution < 1.29 is 4.21 Å². The maximum atomic E-state index is 9.85. The van der Waals surface area contributed by atoms with Gasteiger partial charge in [0.05, 0.1) is 5.69 Å². The van der Waals surface area contributed by atoms with Crippen molar-refractivity contribution in [3.05, 3.63) is 10.8 Å². The fourth-order valence-electron chi connectivity index (χ4n) is 0.415. The molecule has 0 aliphatic rings. The molecule has 1 heterocycles. The predicted molar refractivity (Wildman–Crippen MR) is 39.0 cm³/mol. The summed E-state index contributed by atoms with van der Waals surface area (Å²) in [5.41, 5.74) is 6.55. The lowest BCUT2D eigenvalue weighted by Crippen LogP contribution is -1.77. The van der Waals surface area contributed by atoms with Crippen LogP contribution in [0.15, 0.2) is 15.1 Å². The molecule has 0 fully saturated rings. The van der Waals surface area contributed by atoms with Gasteiger partial charge < -0.3 is 5.73 Å². The molecule has 0 aliphatic heterocycles. The fourth-order valence-corrected chi connectivity index (χ4v) is 1.37. The van der Waals surface area contributed by atoms with Crippen molar-refractivity contribution in [3.63, 3.8) is 0 Å². The summed E-state index contributed by atoms with van der Waals surface area (Å²) in [6.07, 6.45) is 0. The van der Waals surface area contributed by atoms with Gasteiger partial charge in [-0.3, -0.25) is 0 Å². The van der Waals surface area contributed by atoms with Crippen LogP contribution in [0.2, 0.25) is 0 Å². The summed E-state index contributed by atoms with van der Waals surface area (Å²) in [6, 6.07) is 0. The summed E-state index contributed by atoms with van der Waals surface area (Å²) in [4.78, 5) is 0. The standard InChI is InChI=1S/C4H4N2OS2/c5-3-1-8-2-4(3)6-9-7/h1-2H,5H2. The van der Waals surface area contributed by atoms with E-state index in [0.29, 0.717) is 11.4 Å². The molecule has 48 valence electrons. The molecule has 1 rings (SSSR count). The molecule has 0 atom stereocenters. The van der Waals surface area contributed by atoms with Gasteiger partial charge in [0.1, 0.15) is 5.69 Å². The third-order valence-corrected chi connectivity index (χ3v) is 1.83. The number of nitrogens with zero attached hydrogens (tertiary/aromatic N) is 1. The summed E-state index contributed by atoms with van der Waals surface area (Å²) in [6.45, 7) is 0. The molecule has 1 aromatic rings. The first kappa shape index (κ1) is 6.44. The van der Waals surface area contributed by atoms with Gasteiger partial charge in [-0.25, -0.2) is 0 Å². The van der Waals surface area contributed by atoms with Crippen molar-refractivity contribution >= 4 is 34.2 Å². The van der Waals surface area contributed by atoms with Crippen LogP contribution in [0.5, 0.6) is 0 Å². The lowest BCUT2D eigenvalue weighted by atomic mass is 10.5. The van der Waals surface area contributed by atoms with Crippen molar-refractivity contribution in [3.8, 4) is 0 Å². The van der Waals surface area contributed by atoms with Crippen LogP contribution >= 0.6 is 11.3 Å². The smallest absolute Gasteiger partial charge is 0.205 e. The number of anilines is 1. The van der Waals surface area contributed by atoms with Gasteiger partial charge in [-0.2, -0.15) is 8.57 Å². The number of hydrogen-bond donors (Lipinski definition) is 1. The third kappa shape index (κ3) is 1.36. The van der Waals surface area contributed by atoms with Crippen LogP contribution in [-0.4, -0.2) is 4.21 Å². The SMILES string of the molecule is Nc1cscc1N=S=O. The first-order valence-corrected chi connectivity index (χ1v) is 3.80. The highest BCUT2D eigenvalue weighted by Gasteiger charge is 1.94. The topological polar surface area (TPSA) is 55.4 Å². The van der Waals surface area contributed by atoms with Crippen LogP contribution in [-0.2, 0) is 11.5 Å². The number of nitrogen functional groups attached to an aromatic ring is 1. The van der Waals surface area contributed by atoms with E-state index in [4.69, 9.17) is 5.73 Å². The Morgan fingerprint density at radius 1 is 1.67 bits per heavy atom. The van der Waals surface area contributed by atoms with E-state index in [-0.39, 0.29) is 11.5 Å². The third-order valence-electron chi connectivity index (χ3n) is 0.806. The van der Waals surface area contributed by atoms with Crippen molar-refractivity contribution in [1.29, 1.82) is 0 Å². The highest BCUT2D eigenvalue weighted by atomic mass is 32.1. The molecule has 1 aromatic heterocycles. The monoisotopic (exact) mass is 160 g/mol. The Balaban J connectivity index is 3.07. The molecule has 0 spiro atoms. The van der Waals surface area contributed by atoms with Crippen molar-refractivity contribution in [1.82, 2.24) is 0 Å². The molecule has 0 unspecified atom stereocenters. The minimum Gasteiger partial charge on any atom is -0.396 e. The second-order valence-electron chi connectivity index (χ2n) is 1.38. The molecule has 0 aromatic carbocycles. The quantitative estimate of drug-likeness (QED) is 0.674. The zero-order valence-corrected chi connectivity index (χ0v) is 6.04. The Hall–Kier alpha value is -0.680. The molecule has 0 saturated heterocycles. The summed E-state index contributed by atoms with van der Waals surface area (Å²) in [5, 5.41) is 3.48. The second kappa shape index (κ2) is 2.75. The summed E-state index contributed by atoms with van der Waals surface area (Å²) in [5.74, 6) is 0. The highest BCUT2D eigenvalue weighted by Crippen LogP contribution is 2.25. The van der Waals surface area contributed by atoms with Gasteiger partial charge in [0.15, 0.2) is 0 Å². The van der Waals surface area contributed by atoms with Crippen LogP contribution in [0.1, 0.15) is 0 Å². The normalized spacial score (nSPS) is 8.89. The van der Waals surface area contributed by atoms with E-state index in [1.165, 1.54) is 11.3 Å². The van der Waals surface area contributed by atoms with E-state index >= 15 is 0 Å². The molecule has 0 aliphatic carbocycles. The fraction of sp³-hybridized carbons (Fsp3) is 0. The van der Waals surface area contributed by atoms with Crippen molar-refractivity contribution in [2.24, 2.45) is 4.36 Å². The Morgan fingerprint density at radius 3 is 2.89 bits per heavy atom. The largest absolute Gasteiger partial charge is 0.396 e. The van der Waals surface area contributed by atoms with Gasteiger partial charge in [0.25, 0.3) is 0 Å². The molecule has 0 amide bonds. The Labute approximate surface area is 59.8 Å². The highest BCUT2D eigenvalue weighted by molar-refractivity contribution is 7.54. The van der Waals surface area contributed by atoms with Crippen molar-refractivity contribution in [2.75, 3.05) is 5.73 Å². The summed E-state index contributed by atoms with van der Waals surface area (Å²) in [7, 11) is 0. The Bertz CT molecular complexity index is 251. The summed E-state index contributed by atoms with van der Waals surface area (Å²) >= 11 is 1.61. The molecular weight excluding hydrogens is 156 g/mol. The van der Waals surface area contributed by atoms with Gasteiger partial charge in [-0.1, -0.05) is 0 Å². The molecule has 0 saturated carbocycles. The first-order chi connectivity index (χ1) is 4.34. The van der Waals surface area contributed by atoms with E-state index in [0.717, 1.165) is 0 Å². The van der Waals surface area contributed by atoms with Gasteiger partial charge in [-0.15, -0.1) is 11.3 Å². The zero-order chi connectivity index (χ0) is 6.69. The van der Waals surface area contributed by atoms with E-state index in [9.17, 15) is 4.21 Å². The van der Waals surface area contributed by atoms with Gasteiger partial charge in [0, 0.05) is 10.8 Å². The molecule has 0 radical (unpaired) electrons. The minimum absolute atomic E-state index is 0.175. The number of hydrogen-bond acceptors (Lipinski definition) is 4. The Kier molecular flexibility index (Phi) is 1.96. The predicted octanol–water partition coefficient (Wildman–Crippen LogP) is 1.36. The van der Waals surface area contributed by atoms with Crippen LogP contribution in [0, 0.1) is 0 Å². The van der Waals surface area contributed by atoms with Gasteiger partial charge in [-0.05, 0) is 0 Å². The lowest BCUT2D eigenvalue weighted by Gasteiger charge is -1.81. The van der Waals surface area contributed by atoms with E-state index in [1.807, 2.05) is 0 Å². The average Bonchev–Trinajstić information content (AvgIpc) is 2.18. The summed E-state index contributed by atoms with van der Waals surface area (Å²) < 4.78 is 13.4. The maximum absolute atomic E-state index is 9.85. The number of nitrogens with two attached hydrogens (primary N) is 1. The van der Waals surface area contributed by atoms with Gasteiger partial charge in [0.2, 0.25) is 11.5 Å². The van der Waals surface area contributed by atoms with Gasteiger partial charge >= 0.3 is 0 Å². The lowest BCUT2D eigenvalue weighted by molar-refractivity contribution is 0.698. The van der Waals surface area contributed by atoms with Crippen LogP contribution in [0.25, 0.3) is 0 Å². The molecule has 5 heteroatoms. The average molecular weight is 160 g/mol. The van der Waals surface area contributed by atoms with Crippen LogP contribution < -0.4 is 5.73 Å². The molecule has 0 bridgehead atoms. The first-order valence-electron chi connectivity index (χ1n) is 2.16. The van der Waals surface area contributed by atoms with E-state index in [1.54, 1.807) is 10.8 Å². The van der Waals surface area contributed by atoms with E-state index < -0.39 is 0 Å². The van der Waals surface area contributed by atoms with Crippen molar-refractivity contribution in [2.45, 2.75) is 0 Å². The van der Waals surface area contributed by atoms with Crippen LogP contribution in [0.4, 0.5) is 11.4 Å². The maximum Gasteiger partial charge on any atom is 0.205 e. The molecular formula is C4H4N2OS2. The van der Waals surface area contributed by atoms with E-state index in [2.05, 4.69) is 4.36 Å².